The van der Waals surface area contributed by atoms with Gasteiger partial charge in [0.1, 0.15) is 0 Å². The van der Waals surface area contributed by atoms with Gasteiger partial charge in [-0.1, -0.05) is 18.2 Å². The summed E-state index contributed by atoms with van der Waals surface area (Å²) < 4.78 is 0. The number of guanidine groups is 1. The van der Waals surface area contributed by atoms with Gasteiger partial charge in [0.05, 0.1) is 10.7 Å². The summed E-state index contributed by atoms with van der Waals surface area (Å²) in [5, 5.41) is 9.89. The molecule has 4 nitrogen and oxygen atoms in total. The van der Waals surface area contributed by atoms with Crippen molar-refractivity contribution in [2.45, 2.75) is 18.2 Å². The summed E-state index contributed by atoms with van der Waals surface area (Å²) >= 11 is 3.54. The first kappa shape index (κ1) is 16.8. The lowest BCUT2D eigenvalue weighted by atomic mass is 10.3. The predicted octanol–water partition coefficient (Wildman–Crippen LogP) is 2.95. The van der Waals surface area contributed by atoms with E-state index in [2.05, 4.69) is 50.3 Å². The standard InChI is InChI=1S/C16H22N4S2/c1-13-20-14(12-22-13)8-9-18-16(17-2)19-10-11-21-15-6-4-3-5-7-15/h3-7,12H,8-11H2,1-2H3,(H2,17,18,19). The van der Waals surface area contributed by atoms with Crippen molar-refractivity contribution in [3.05, 3.63) is 46.4 Å². The normalized spacial score (nSPS) is 11.5. The van der Waals surface area contributed by atoms with E-state index >= 15 is 0 Å². The minimum Gasteiger partial charge on any atom is -0.356 e. The molecular formula is C16H22N4S2. The molecule has 0 aliphatic carbocycles. The lowest BCUT2D eigenvalue weighted by molar-refractivity contribution is 0.800. The third-order valence-corrected chi connectivity index (χ3v) is 4.81. The molecule has 2 aromatic rings. The van der Waals surface area contributed by atoms with E-state index in [-0.39, 0.29) is 0 Å². The summed E-state index contributed by atoms with van der Waals surface area (Å²) in [7, 11) is 1.80. The molecule has 0 saturated carbocycles. The van der Waals surface area contributed by atoms with Crippen LogP contribution in [0, 0.1) is 6.92 Å². The smallest absolute Gasteiger partial charge is 0.191 e. The highest BCUT2D eigenvalue weighted by Gasteiger charge is 2.00. The van der Waals surface area contributed by atoms with E-state index in [9.17, 15) is 0 Å². The third-order valence-electron chi connectivity index (χ3n) is 2.97. The molecule has 0 unspecified atom stereocenters. The highest BCUT2D eigenvalue weighted by atomic mass is 32.2. The highest BCUT2D eigenvalue weighted by Crippen LogP contribution is 2.15. The molecule has 0 saturated heterocycles. The number of thioether (sulfide) groups is 1. The molecule has 22 heavy (non-hydrogen) atoms. The zero-order valence-corrected chi connectivity index (χ0v) is 14.6. The van der Waals surface area contributed by atoms with Crippen molar-refractivity contribution >= 4 is 29.1 Å². The van der Waals surface area contributed by atoms with Crippen LogP contribution in [0.25, 0.3) is 0 Å². The molecule has 1 aromatic carbocycles. The topological polar surface area (TPSA) is 49.3 Å². The van der Waals surface area contributed by atoms with Crippen LogP contribution >= 0.6 is 23.1 Å². The van der Waals surface area contributed by atoms with Gasteiger partial charge in [-0.25, -0.2) is 4.98 Å². The molecule has 2 N–H and O–H groups in total. The first-order valence-electron chi connectivity index (χ1n) is 7.31. The number of nitrogens with zero attached hydrogens (tertiary/aromatic N) is 2. The fraction of sp³-hybridized carbons (Fsp3) is 0.375. The van der Waals surface area contributed by atoms with Crippen LogP contribution in [0.15, 0.2) is 45.6 Å². The molecule has 0 atom stereocenters. The van der Waals surface area contributed by atoms with E-state index in [0.717, 1.165) is 41.9 Å². The minimum atomic E-state index is 0.842. The summed E-state index contributed by atoms with van der Waals surface area (Å²) in [4.78, 5) is 9.99. The van der Waals surface area contributed by atoms with Crippen LogP contribution in [-0.4, -0.2) is 36.8 Å². The maximum Gasteiger partial charge on any atom is 0.191 e. The molecule has 118 valence electrons. The van der Waals surface area contributed by atoms with Crippen LogP contribution < -0.4 is 10.6 Å². The number of aryl methyl sites for hydroxylation is 1. The maximum atomic E-state index is 4.46. The fourth-order valence-corrected chi connectivity index (χ4v) is 3.34. The molecule has 0 aliphatic heterocycles. The Balaban J connectivity index is 1.61. The van der Waals surface area contributed by atoms with Crippen LogP contribution in [0.2, 0.25) is 0 Å². The van der Waals surface area contributed by atoms with Gasteiger partial charge in [0.2, 0.25) is 0 Å². The van der Waals surface area contributed by atoms with Crippen LogP contribution in [0.3, 0.4) is 0 Å². The summed E-state index contributed by atoms with van der Waals surface area (Å²) in [6.45, 7) is 3.76. The van der Waals surface area contributed by atoms with Gasteiger partial charge >= 0.3 is 0 Å². The number of aliphatic imine (C=N–C) groups is 1. The Morgan fingerprint density at radius 1 is 1.23 bits per heavy atom. The van der Waals surface area contributed by atoms with Gasteiger partial charge in [0.25, 0.3) is 0 Å². The van der Waals surface area contributed by atoms with Crippen molar-refractivity contribution < 1.29 is 0 Å². The first-order valence-corrected chi connectivity index (χ1v) is 9.18. The van der Waals surface area contributed by atoms with E-state index in [1.807, 2.05) is 24.8 Å². The van der Waals surface area contributed by atoms with Crippen LogP contribution in [0.1, 0.15) is 10.7 Å². The molecule has 1 aromatic heterocycles. The Morgan fingerprint density at radius 3 is 2.68 bits per heavy atom. The molecule has 0 aliphatic rings. The van der Waals surface area contributed by atoms with Gasteiger partial charge in [-0.2, -0.15) is 0 Å². The first-order chi connectivity index (χ1) is 10.8. The number of thiazole rings is 1. The van der Waals surface area contributed by atoms with Gasteiger partial charge in [-0.15, -0.1) is 23.1 Å². The summed E-state index contributed by atoms with van der Waals surface area (Å²) in [6.07, 6.45) is 0.920. The summed E-state index contributed by atoms with van der Waals surface area (Å²) in [6, 6.07) is 10.4. The molecular weight excluding hydrogens is 312 g/mol. The maximum absolute atomic E-state index is 4.46. The molecule has 0 spiro atoms. The van der Waals surface area contributed by atoms with E-state index < -0.39 is 0 Å². The second kappa shape index (κ2) is 9.48. The monoisotopic (exact) mass is 334 g/mol. The number of hydrogen-bond acceptors (Lipinski definition) is 4. The Bertz CT molecular complexity index is 581. The van der Waals surface area contributed by atoms with E-state index in [0.29, 0.717) is 0 Å². The second-order valence-corrected chi connectivity index (χ2v) is 6.93. The molecule has 0 fully saturated rings. The van der Waals surface area contributed by atoms with Crippen molar-refractivity contribution in [2.75, 3.05) is 25.9 Å². The minimum absolute atomic E-state index is 0.842. The zero-order chi connectivity index (χ0) is 15.6. The summed E-state index contributed by atoms with van der Waals surface area (Å²) in [5.41, 5.74) is 1.14. The van der Waals surface area contributed by atoms with Crippen molar-refractivity contribution in [1.82, 2.24) is 15.6 Å². The van der Waals surface area contributed by atoms with Gasteiger partial charge in [-0.05, 0) is 19.1 Å². The molecule has 0 radical (unpaired) electrons. The Kier molecular flexibility index (Phi) is 7.25. The van der Waals surface area contributed by atoms with Crippen molar-refractivity contribution in [2.24, 2.45) is 4.99 Å². The summed E-state index contributed by atoms with van der Waals surface area (Å²) in [5.74, 6) is 1.86. The lowest BCUT2D eigenvalue weighted by Gasteiger charge is -2.11. The van der Waals surface area contributed by atoms with Gasteiger partial charge < -0.3 is 10.6 Å². The average molecular weight is 335 g/mol. The number of benzene rings is 1. The molecule has 6 heteroatoms. The predicted molar refractivity (Wildman–Crippen MR) is 97.1 cm³/mol. The Morgan fingerprint density at radius 2 is 2.00 bits per heavy atom. The SMILES string of the molecule is CN=C(NCCSc1ccccc1)NCCc1csc(C)n1. The van der Waals surface area contributed by atoms with Gasteiger partial charge in [-0.3, -0.25) is 4.99 Å². The molecule has 2 rings (SSSR count). The molecule has 1 heterocycles. The van der Waals surface area contributed by atoms with Crippen LogP contribution in [0.4, 0.5) is 0 Å². The van der Waals surface area contributed by atoms with Crippen molar-refractivity contribution in [1.29, 1.82) is 0 Å². The van der Waals surface area contributed by atoms with Gasteiger partial charge in [0, 0.05) is 42.6 Å². The zero-order valence-electron chi connectivity index (χ0n) is 13.0. The largest absolute Gasteiger partial charge is 0.356 e. The number of nitrogens with one attached hydrogen (secondary N) is 2. The second-order valence-electron chi connectivity index (χ2n) is 4.70. The molecule has 0 amide bonds. The van der Waals surface area contributed by atoms with Crippen molar-refractivity contribution in [3.8, 4) is 0 Å². The number of rotatable bonds is 7. The number of hydrogen-bond donors (Lipinski definition) is 2. The van der Waals surface area contributed by atoms with Crippen LogP contribution in [-0.2, 0) is 6.42 Å². The van der Waals surface area contributed by atoms with E-state index in [4.69, 9.17) is 0 Å². The molecule has 0 bridgehead atoms. The van der Waals surface area contributed by atoms with Crippen molar-refractivity contribution in [3.63, 3.8) is 0 Å². The van der Waals surface area contributed by atoms with Gasteiger partial charge in [0.15, 0.2) is 5.96 Å². The van der Waals surface area contributed by atoms with E-state index in [1.54, 1.807) is 18.4 Å². The van der Waals surface area contributed by atoms with Crippen LogP contribution in [0.5, 0.6) is 0 Å². The lowest BCUT2D eigenvalue weighted by Crippen LogP contribution is -2.39. The third kappa shape index (κ3) is 6.07. The quantitative estimate of drug-likeness (QED) is 0.354. The Hall–Kier alpha value is -1.53. The average Bonchev–Trinajstić information content (AvgIpc) is 2.96. The van der Waals surface area contributed by atoms with E-state index in [1.165, 1.54) is 4.90 Å². The number of aromatic nitrogens is 1. The Labute approximate surface area is 140 Å². The fourth-order valence-electron chi connectivity index (χ4n) is 1.91. The highest BCUT2D eigenvalue weighted by molar-refractivity contribution is 7.99.